The standard InChI is InChI=1S/C8H13N9/c1-8(2,3)5-4(6(9)12-11-5)10-13-7-14-16-17-15-7/h1-3H3,(H3,9,11,12)(H,14,15,16,17). The van der Waals surface area contributed by atoms with Crippen molar-refractivity contribution < 1.29 is 0 Å². The Kier molecular flexibility index (Phi) is 2.58. The fraction of sp³-hybridized carbons (Fsp3) is 0.500. The summed E-state index contributed by atoms with van der Waals surface area (Å²) in [6.07, 6.45) is 0. The third kappa shape index (κ3) is 2.27. The van der Waals surface area contributed by atoms with E-state index < -0.39 is 0 Å². The third-order valence-corrected chi connectivity index (χ3v) is 2.09. The van der Waals surface area contributed by atoms with Gasteiger partial charge in [-0.25, -0.2) is 0 Å². The van der Waals surface area contributed by atoms with Gasteiger partial charge in [0.05, 0.1) is 5.69 Å². The maximum Gasteiger partial charge on any atom is 0.307 e. The maximum atomic E-state index is 5.72. The smallest absolute Gasteiger partial charge is 0.307 e. The van der Waals surface area contributed by atoms with Crippen molar-refractivity contribution in [1.82, 2.24) is 30.8 Å². The molecule has 2 aromatic rings. The normalized spacial score (nSPS) is 12.4. The molecule has 90 valence electrons. The molecule has 9 nitrogen and oxygen atoms in total. The van der Waals surface area contributed by atoms with Gasteiger partial charge in [-0.15, -0.1) is 15.3 Å². The van der Waals surface area contributed by atoms with Gasteiger partial charge in [0.2, 0.25) is 0 Å². The molecule has 17 heavy (non-hydrogen) atoms. The van der Waals surface area contributed by atoms with Crippen LogP contribution in [0.3, 0.4) is 0 Å². The first-order valence-electron chi connectivity index (χ1n) is 4.98. The number of hydrogen-bond donors (Lipinski definition) is 3. The van der Waals surface area contributed by atoms with E-state index in [0.717, 1.165) is 5.69 Å². The largest absolute Gasteiger partial charge is 0.380 e. The maximum absolute atomic E-state index is 5.72. The zero-order chi connectivity index (χ0) is 12.5. The SMILES string of the molecule is CC(C)(C)c1[nH]nc(N)c1N=Nc1nn[nH]n1. The first kappa shape index (κ1) is 11.2. The molecule has 4 N–H and O–H groups in total. The van der Waals surface area contributed by atoms with Crippen LogP contribution in [0.2, 0.25) is 0 Å². The van der Waals surface area contributed by atoms with Gasteiger partial charge < -0.3 is 5.73 Å². The summed E-state index contributed by atoms with van der Waals surface area (Å²) < 4.78 is 0. The van der Waals surface area contributed by atoms with E-state index in [0.29, 0.717) is 11.5 Å². The molecule has 0 saturated carbocycles. The minimum atomic E-state index is -0.157. The lowest BCUT2D eigenvalue weighted by Gasteiger charge is -2.16. The zero-order valence-corrected chi connectivity index (χ0v) is 9.76. The number of H-pyrrole nitrogens is 2. The molecule has 0 aliphatic carbocycles. The lowest BCUT2D eigenvalue weighted by atomic mass is 9.91. The summed E-state index contributed by atoms with van der Waals surface area (Å²) in [5, 5.41) is 27.5. The van der Waals surface area contributed by atoms with Crippen molar-refractivity contribution >= 4 is 17.5 Å². The van der Waals surface area contributed by atoms with Gasteiger partial charge in [-0.1, -0.05) is 25.9 Å². The van der Waals surface area contributed by atoms with E-state index in [-0.39, 0.29) is 11.4 Å². The van der Waals surface area contributed by atoms with Crippen molar-refractivity contribution in [2.45, 2.75) is 26.2 Å². The molecule has 0 bridgehead atoms. The van der Waals surface area contributed by atoms with E-state index in [1.54, 1.807) is 0 Å². The molecular formula is C8H13N9. The molecule has 0 aromatic carbocycles. The summed E-state index contributed by atoms with van der Waals surface area (Å²) in [5.74, 6) is 0.438. The fourth-order valence-corrected chi connectivity index (χ4v) is 1.27. The van der Waals surface area contributed by atoms with Gasteiger partial charge in [-0.05, 0) is 5.21 Å². The van der Waals surface area contributed by atoms with Crippen LogP contribution in [-0.2, 0) is 5.41 Å². The Morgan fingerprint density at radius 2 is 1.94 bits per heavy atom. The van der Waals surface area contributed by atoms with Gasteiger partial charge in [-0.3, -0.25) is 5.10 Å². The third-order valence-electron chi connectivity index (χ3n) is 2.09. The van der Waals surface area contributed by atoms with Crippen LogP contribution < -0.4 is 5.73 Å². The number of nitrogen functional groups attached to an aromatic ring is 1. The molecule has 0 radical (unpaired) electrons. The summed E-state index contributed by atoms with van der Waals surface area (Å²) in [4.78, 5) is 0. The van der Waals surface area contributed by atoms with Gasteiger partial charge in [0, 0.05) is 5.41 Å². The number of aromatic nitrogens is 6. The van der Waals surface area contributed by atoms with E-state index >= 15 is 0 Å². The van der Waals surface area contributed by atoms with Crippen molar-refractivity contribution in [1.29, 1.82) is 0 Å². The quantitative estimate of drug-likeness (QED) is 0.672. The molecule has 0 spiro atoms. The molecule has 0 amide bonds. The number of nitrogens with two attached hydrogens (primary N) is 1. The van der Waals surface area contributed by atoms with E-state index in [2.05, 4.69) is 41.0 Å². The summed E-state index contributed by atoms with van der Waals surface area (Å²) in [7, 11) is 0. The predicted molar refractivity (Wildman–Crippen MR) is 60.1 cm³/mol. The fourth-order valence-electron chi connectivity index (χ4n) is 1.27. The molecule has 0 aliphatic rings. The second kappa shape index (κ2) is 3.92. The van der Waals surface area contributed by atoms with Crippen LogP contribution in [-0.4, -0.2) is 30.8 Å². The summed E-state index contributed by atoms with van der Waals surface area (Å²) in [5.41, 5.74) is 6.87. The topological polar surface area (TPSA) is 134 Å². The molecular weight excluding hydrogens is 222 g/mol. The summed E-state index contributed by atoms with van der Waals surface area (Å²) in [6, 6.07) is 0. The average Bonchev–Trinajstić information content (AvgIpc) is 2.83. The van der Waals surface area contributed by atoms with Crippen molar-refractivity contribution in [3.63, 3.8) is 0 Å². The Morgan fingerprint density at radius 1 is 1.18 bits per heavy atom. The predicted octanol–water partition coefficient (Wildman–Crippen LogP) is 1.22. The van der Waals surface area contributed by atoms with Crippen molar-refractivity contribution in [3.05, 3.63) is 5.69 Å². The number of rotatable bonds is 2. The molecule has 2 heterocycles. The first-order valence-corrected chi connectivity index (χ1v) is 4.98. The number of tetrazole rings is 1. The summed E-state index contributed by atoms with van der Waals surface area (Å²) in [6.45, 7) is 6.06. The molecule has 2 aromatic heterocycles. The second-order valence-corrected chi connectivity index (χ2v) is 4.49. The average molecular weight is 235 g/mol. The van der Waals surface area contributed by atoms with Gasteiger partial charge >= 0.3 is 5.95 Å². The minimum absolute atomic E-state index is 0.144. The monoisotopic (exact) mass is 235 g/mol. The van der Waals surface area contributed by atoms with Gasteiger partial charge in [0.15, 0.2) is 11.5 Å². The molecule has 9 heteroatoms. The highest BCUT2D eigenvalue weighted by Gasteiger charge is 2.23. The zero-order valence-electron chi connectivity index (χ0n) is 9.76. The minimum Gasteiger partial charge on any atom is -0.380 e. The highest BCUT2D eigenvalue weighted by atomic mass is 15.5. The molecule has 2 rings (SSSR count). The molecule has 0 fully saturated rings. The highest BCUT2D eigenvalue weighted by molar-refractivity contribution is 5.61. The van der Waals surface area contributed by atoms with Gasteiger partial charge in [0.1, 0.15) is 0 Å². The van der Waals surface area contributed by atoms with Crippen LogP contribution in [0.15, 0.2) is 10.2 Å². The Labute approximate surface area is 96.9 Å². The first-order chi connectivity index (χ1) is 7.98. The van der Waals surface area contributed by atoms with Crippen molar-refractivity contribution in [2.75, 3.05) is 5.73 Å². The van der Waals surface area contributed by atoms with Crippen molar-refractivity contribution in [2.24, 2.45) is 10.2 Å². The van der Waals surface area contributed by atoms with E-state index in [1.807, 2.05) is 20.8 Å². The van der Waals surface area contributed by atoms with Crippen LogP contribution >= 0.6 is 0 Å². The van der Waals surface area contributed by atoms with Crippen LogP contribution in [0.25, 0.3) is 0 Å². The lowest BCUT2D eigenvalue weighted by molar-refractivity contribution is 0.567. The van der Waals surface area contributed by atoms with Crippen LogP contribution in [0.5, 0.6) is 0 Å². The number of nitrogens with zero attached hydrogens (tertiary/aromatic N) is 6. The molecule has 0 aliphatic heterocycles. The van der Waals surface area contributed by atoms with Gasteiger partial charge in [0.25, 0.3) is 0 Å². The Morgan fingerprint density at radius 3 is 2.53 bits per heavy atom. The highest BCUT2D eigenvalue weighted by Crippen LogP contribution is 2.34. The van der Waals surface area contributed by atoms with Gasteiger partial charge in [-0.2, -0.15) is 10.3 Å². The lowest BCUT2D eigenvalue weighted by Crippen LogP contribution is -2.11. The Hall–Kier alpha value is -2.32. The Bertz CT molecular complexity index is 516. The van der Waals surface area contributed by atoms with Crippen molar-refractivity contribution in [3.8, 4) is 0 Å². The molecule has 0 atom stereocenters. The van der Waals surface area contributed by atoms with E-state index in [9.17, 15) is 0 Å². The molecule has 0 saturated heterocycles. The number of azo groups is 1. The van der Waals surface area contributed by atoms with Crippen LogP contribution in [0.4, 0.5) is 17.5 Å². The van der Waals surface area contributed by atoms with Crippen LogP contribution in [0, 0.1) is 0 Å². The number of aromatic amines is 2. The molecule has 0 unspecified atom stereocenters. The second-order valence-electron chi connectivity index (χ2n) is 4.49. The number of hydrogen-bond acceptors (Lipinski definition) is 7. The summed E-state index contributed by atoms with van der Waals surface area (Å²) >= 11 is 0. The number of anilines is 1. The number of nitrogens with one attached hydrogen (secondary N) is 2. The Balaban J connectivity index is 2.36. The van der Waals surface area contributed by atoms with E-state index in [4.69, 9.17) is 5.73 Å². The van der Waals surface area contributed by atoms with E-state index in [1.165, 1.54) is 0 Å². The van der Waals surface area contributed by atoms with Crippen LogP contribution in [0.1, 0.15) is 26.5 Å².